The third-order valence-electron chi connectivity index (χ3n) is 2.34. The van der Waals surface area contributed by atoms with Crippen molar-refractivity contribution < 1.29 is 22.7 Å². The molecule has 0 N–H and O–H groups in total. The van der Waals surface area contributed by atoms with Gasteiger partial charge in [-0.1, -0.05) is 0 Å². The van der Waals surface area contributed by atoms with Gasteiger partial charge in [0.1, 0.15) is 5.69 Å². The minimum atomic E-state index is -4.55. The Morgan fingerprint density at radius 2 is 2.10 bits per heavy atom. The summed E-state index contributed by atoms with van der Waals surface area (Å²) in [5.41, 5.74) is 0.884. The second-order valence-corrected chi connectivity index (χ2v) is 4.00. The fourth-order valence-electron chi connectivity index (χ4n) is 1.48. The zero-order valence-corrected chi connectivity index (χ0v) is 10.4. The van der Waals surface area contributed by atoms with E-state index < -0.39 is 18.8 Å². The first-order valence-corrected chi connectivity index (χ1v) is 5.55. The zero-order valence-electron chi connectivity index (χ0n) is 10.4. The van der Waals surface area contributed by atoms with E-state index in [1.807, 2.05) is 0 Å². The summed E-state index contributed by atoms with van der Waals surface area (Å²) in [5.74, 6) is -1.05. The SMILES string of the molecule is Cn1ccc(-c2cc(C(=O)OCC(F)(F)F)ccn2)n1. The van der Waals surface area contributed by atoms with Crippen LogP contribution in [0.4, 0.5) is 13.2 Å². The van der Waals surface area contributed by atoms with Gasteiger partial charge in [0.25, 0.3) is 0 Å². The van der Waals surface area contributed by atoms with E-state index in [2.05, 4.69) is 14.8 Å². The molecule has 0 saturated carbocycles. The third-order valence-corrected chi connectivity index (χ3v) is 2.34. The van der Waals surface area contributed by atoms with Crippen LogP contribution in [0.25, 0.3) is 11.4 Å². The molecular weight excluding hydrogens is 275 g/mol. The molecular formula is C12H10F3N3O2. The summed E-state index contributed by atoms with van der Waals surface area (Å²) in [5, 5.41) is 4.09. The second kappa shape index (κ2) is 5.32. The van der Waals surface area contributed by atoms with Gasteiger partial charge in [0.2, 0.25) is 0 Å². The van der Waals surface area contributed by atoms with Crippen LogP contribution in [0.5, 0.6) is 0 Å². The number of ether oxygens (including phenoxy) is 1. The van der Waals surface area contributed by atoms with Gasteiger partial charge < -0.3 is 4.74 Å². The molecule has 0 fully saturated rings. The number of alkyl halides is 3. The first-order valence-electron chi connectivity index (χ1n) is 5.55. The van der Waals surface area contributed by atoms with Crippen molar-refractivity contribution in [1.82, 2.24) is 14.8 Å². The number of hydrogen-bond acceptors (Lipinski definition) is 4. The highest BCUT2D eigenvalue weighted by molar-refractivity contribution is 5.90. The van der Waals surface area contributed by atoms with Gasteiger partial charge in [-0.2, -0.15) is 18.3 Å². The summed E-state index contributed by atoms with van der Waals surface area (Å²) < 4.78 is 41.6. The quantitative estimate of drug-likeness (QED) is 0.811. The van der Waals surface area contributed by atoms with Crippen molar-refractivity contribution in [3.63, 3.8) is 0 Å². The molecule has 0 aliphatic heterocycles. The average Bonchev–Trinajstić information content (AvgIpc) is 2.82. The van der Waals surface area contributed by atoms with Gasteiger partial charge in [0, 0.05) is 19.4 Å². The standard InChI is InChI=1S/C12H10F3N3O2/c1-18-5-3-9(17-18)10-6-8(2-4-16-10)11(19)20-7-12(13,14)15/h2-6H,7H2,1H3. The lowest BCUT2D eigenvalue weighted by Crippen LogP contribution is -2.20. The van der Waals surface area contributed by atoms with Crippen molar-refractivity contribution in [2.45, 2.75) is 6.18 Å². The monoisotopic (exact) mass is 285 g/mol. The van der Waals surface area contributed by atoms with Crippen LogP contribution in [0.15, 0.2) is 30.6 Å². The molecule has 0 bridgehead atoms. The fourth-order valence-corrected chi connectivity index (χ4v) is 1.48. The molecule has 106 valence electrons. The summed E-state index contributed by atoms with van der Waals surface area (Å²) >= 11 is 0. The normalized spacial score (nSPS) is 11.4. The van der Waals surface area contributed by atoms with Crippen LogP contribution in [-0.2, 0) is 11.8 Å². The number of aryl methyl sites for hydroxylation is 1. The molecule has 5 nitrogen and oxygen atoms in total. The lowest BCUT2D eigenvalue weighted by Gasteiger charge is -2.08. The van der Waals surface area contributed by atoms with Crippen molar-refractivity contribution >= 4 is 5.97 Å². The van der Waals surface area contributed by atoms with Crippen LogP contribution in [0.2, 0.25) is 0 Å². The van der Waals surface area contributed by atoms with Crippen LogP contribution >= 0.6 is 0 Å². The molecule has 20 heavy (non-hydrogen) atoms. The largest absolute Gasteiger partial charge is 0.452 e. The highest BCUT2D eigenvalue weighted by atomic mass is 19.4. The molecule has 2 aromatic heterocycles. The van der Waals surface area contributed by atoms with Crippen LogP contribution in [-0.4, -0.2) is 33.5 Å². The predicted octanol–water partition coefficient (Wildman–Crippen LogP) is 2.20. The van der Waals surface area contributed by atoms with E-state index in [4.69, 9.17) is 0 Å². The molecule has 0 atom stereocenters. The molecule has 0 amide bonds. The molecule has 0 spiro atoms. The minimum absolute atomic E-state index is 0.00935. The summed E-state index contributed by atoms with van der Waals surface area (Å²) in [6, 6.07) is 4.29. The van der Waals surface area contributed by atoms with Crippen LogP contribution in [0.3, 0.4) is 0 Å². The van der Waals surface area contributed by atoms with Gasteiger partial charge >= 0.3 is 12.1 Å². The molecule has 0 aromatic carbocycles. The van der Waals surface area contributed by atoms with E-state index in [0.29, 0.717) is 11.4 Å². The number of esters is 1. The van der Waals surface area contributed by atoms with Gasteiger partial charge in [0.05, 0.1) is 11.3 Å². The third kappa shape index (κ3) is 3.56. The van der Waals surface area contributed by atoms with Gasteiger partial charge in [-0.25, -0.2) is 4.79 Å². The molecule has 2 aromatic rings. The Labute approximate surface area is 112 Å². The predicted molar refractivity (Wildman–Crippen MR) is 62.8 cm³/mol. The van der Waals surface area contributed by atoms with Crippen molar-refractivity contribution in [3.8, 4) is 11.4 Å². The van der Waals surface area contributed by atoms with Crippen molar-refractivity contribution in [1.29, 1.82) is 0 Å². The van der Waals surface area contributed by atoms with E-state index in [1.165, 1.54) is 18.3 Å². The minimum Gasteiger partial charge on any atom is -0.452 e. The number of pyridine rings is 1. The molecule has 0 radical (unpaired) electrons. The van der Waals surface area contributed by atoms with Gasteiger partial charge in [-0.15, -0.1) is 0 Å². The summed E-state index contributed by atoms with van der Waals surface area (Å²) in [6.45, 7) is -1.62. The number of rotatable bonds is 3. The maximum absolute atomic E-state index is 12.0. The van der Waals surface area contributed by atoms with E-state index in [0.717, 1.165) is 0 Å². The summed E-state index contributed by atoms with van der Waals surface area (Å²) in [6.07, 6.45) is -1.55. The zero-order chi connectivity index (χ0) is 14.8. The fraction of sp³-hybridized carbons (Fsp3) is 0.250. The number of halogens is 3. The lowest BCUT2D eigenvalue weighted by atomic mass is 10.2. The molecule has 0 aliphatic rings. The number of hydrogen-bond donors (Lipinski definition) is 0. The van der Waals surface area contributed by atoms with Crippen molar-refractivity contribution in [2.24, 2.45) is 7.05 Å². The van der Waals surface area contributed by atoms with E-state index in [9.17, 15) is 18.0 Å². The van der Waals surface area contributed by atoms with Gasteiger partial charge in [-0.3, -0.25) is 9.67 Å². The smallest absolute Gasteiger partial charge is 0.422 e. The Bertz CT molecular complexity index is 622. The molecule has 8 heteroatoms. The Balaban J connectivity index is 2.15. The van der Waals surface area contributed by atoms with Gasteiger partial charge in [-0.05, 0) is 18.2 Å². The molecule has 2 heterocycles. The Hall–Kier alpha value is -2.38. The Kier molecular flexibility index (Phi) is 3.73. The molecule has 0 saturated heterocycles. The van der Waals surface area contributed by atoms with E-state index in [1.54, 1.807) is 24.0 Å². The Morgan fingerprint density at radius 1 is 1.35 bits per heavy atom. The number of carbonyl (C=O) groups excluding carboxylic acids is 1. The number of aromatic nitrogens is 3. The summed E-state index contributed by atoms with van der Waals surface area (Å²) in [7, 11) is 1.71. The molecule has 2 rings (SSSR count). The highest BCUT2D eigenvalue weighted by Crippen LogP contribution is 2.18. The highest BCUT2D eigenvalue weighted by Gasteiger charge is 2.29. The maximum Gasteiger partial charge on any atom is 0.422 e. The summed E-state index contributed by atoms with van der Waals surface area (Å²) in [4.78, 5) is 15.5. The lowest BCUT2D eigenvalue weighted by molar-refractivity contribution is -0.161. The average molecular weight is 285 g/mol. The van der Waals surface area contributed by atoms with Crippen LogP contribution < -0.4 is 0 Å². The van der Waals surface area contributed by atoms with Crippen molar-refractivity contribution in [2.75, 3.05) is 6.61 Å². The van der Waals surface area contributed by atoms with E-state index >= 15 is 0 Å². The maximum atomic E-state index is 12.0. The number of nitrogens with zero attached hydrogens (tertiary/aromatic N) is 3. The molecule has 0 unspecified atom stereocenters. The Morgan fingerprint density at radius 3 is 2.70 bits per heavy atom. The first kappa shape index (κ1) is 14.0. The second-order valence-electron chi connectivity index (χ2n) is 4.00. The number of carbonyl (C=O) groups is 1. The van der Waals surface area contributed by atoms with E-state index in [-0.39, 0.29) is 5.56 Å². The first-order chi connectivity index (χ1) is 9.35. The van der Waals surface area contributed by atoms with Crippen LogP contribution in [0.1, 0.15) is 10.4 Å². The topological polar surface area (TPSA) is 57.0 Å². The van der Waals surface area contributed by atoms with Gasteiger partial charge in [0.15, 0.2) is 6.61 Å². The van der Waals surface area contributed by atoms with Crippen molar-refractivity contribution in [3.05, 3.63) is 36.2 Å². The van der Waals surface area contributed by atoms with Crippen LogP contribution in [0, 0.1) is 0 Å². The molecule has 0 aliphatic carbocycles.